The number of nitrogens with zero attached hydrogens (tertiary/aromatic N) is 3. The van der Waals surface area contributed by atoms with Gasteiger partial charge in [-0.3, -0.25) is 9.78 Å². The minimum Gasteiger partial charge on any atom is -0.371 e. The first-order valence-electron chi connectivity index (χ1n) is 10.6. The molecule has 1 amide bonds. The molecule has 1 aromatic carbocycles. The summed E-state index contributed by atoms with van der Waals surface area (Å²) < 4.78 is 0. The highest BCUT2D eigenvalue weighted by molar-refractivity contribution is 6.04. The molecule has 1 aliphatic heterocycles. The molecule has 3 heterocycles. The van der Waals surface area contributed by atoms with E-state index in [0.717, 1.165) is 29.3 Å². The van der Waals surface area contributed by atoms with Gasteiger partial charge in [-0.15, -0.1) is 0 Å². The van der Waals surface area contributed by atoms with Crippen LogP contribution in [0.3, 0.4) is 0 Å². The molecule has 1 N–H and O–H groups in total. The molecule has 3 aromatic rings. The van der Waals surface area contributed by atoms with E-state index in [9.17, 15) is 4.79 Å². The Bertz CT molecular complexity index is 1020. The van der Waals surface area contributed by atoms with Gasteiger partial charge in [-0.05, 0) is 67.1 Å². The molecule has 29 heavy (non-hydrogen) atoms. The summed E-state index contributed by atoms with van der Waals surface area (Å²) in [4.78, 5) is 23.5. The van der Waals surface area contributed by atoms with E-state index in [1.54, 1.807) is 24.5 Å². The van der Waals surface area contributed by atoms with Crippen molar-refractivity contribution in [3.8, 4) is 0 Å². The van der Waals surface area contributed by atoms with E-state index in [2.05, 4.69) is 38.4 Å². The van der Waals surface area contributed by atoms with Gasteiger partial charge in [0.2, 0.25) is 0 Å². The maximum atomic E-state index is 12.3. The number of carbonyl (C=O) groups is 1. The van der Waals surface area contributed by atoms with Crippen LogP contribution in [-0.2, 0) is 0 Å². The van der Waals surface area contributed by atoms with Gasteiger partial charge in [0.15, 0.2) is 0 Å². The number of amides is 1. The Morgan fingerprint density at radius 2 is 1.93 bits per heavy atom. The molecular formula is C24H26N4O. The Morgan fingerprint density at radius 3 is 2.79 bits per heavy atom. The van der Waals surface area contributed by atoms with Gasteiger partial charge in [0.05, 0.1) is 11.1 Å². The average Bonchev–Trinajstić information content (AvgIpc) is 2.79. The van der Waals surface area contributed by atoms with Crippen LogP contribution in [0.15, 0.2) is 54.9 Å². The number of nitrogens with one attached hydrogen (secondary N) is 1. The lowest BCUT2D eigenvalue weighted by Gasteiger charge is -2.42. The summed E-state index contributed by atoms with van der Waals surface area (Å²) in [5, 5.41) is 3.96. The molecule has 0 bridgehead atoms. The molecule has 5 heteroatoms. The Hall–Kier alpha value is -2.95. The van der Waals surface area contributed by atoms with Crippen LogP contribution in [-0.4, -0.2) is 29.0 Å². The van der Waals surface area contributed by atoms with Crippen LogP contribution in [0.5, 0.6) is 0 Å². The molecule has 2 fully saturated rings. The molecule has 1 aliphatic carbocycles. The normalized spacial score (nSPS) is 21.6. The Labute approximate surface area is 171 Å². The smallest absolute Gasteiger partial charge is 0.258 e. The van der Waals surface area contributed by atoms with Crippen molar-refractivity contribution in [1.82, 2.24) is 9.97 Å². The highest BCUT2D eigenvalue weighted by Gasteiger charge is 2.31. The van der Waals surface area contributed by atoms with E-state index in [1.807, 2.05) is 12.1 Å². The van der Waals surface area contributed by atoms with Crippen LogP contribution in [0.25, 0.3) is 10.9 Å². The van der Waals surface area contributed by atoms with Crippen molar-refractivity contribution in [3.05, 3.63) is 60.4 Å². The van der Waals surface area contributed by atoms with Crippen molar-refractivity contribution in [2.45, 2.75) is 32.1 Å². The fraction of sp³-hybridized carbons (Fsp3) is 0.375. The van der Waals surface area contributed by atoms with Crippen LogP contribution in [0.4, 0.5) is 11.5 Å². The SMILES string of the molecule is O=C(Nc1ccc2cc(N3CC[C@H]4CCCC[C@@H]4C3)ccc2n1)c1cccnc1. The molecule has 148 valence electrons. The second-order valence-electron chi connectivity index (χ2n) is 8.31. The lowest BCUT2D eigenvalue weighted by molar-refractivity contribution is 0.102. The van der Waals surface area contributed by atoms with Gasteiger partial charge in [0.1, 0.15) is 5.82 Å². The second-order valence-corrected chi connectivity index (χ2v) is 8.31. The standard InChI is InChI=1S/C24H26N4O/c29-24(19-6-3-12-25-15-19)27-23-10-7-18-14-21(8-9-22(18)26-23)28-13-11-17-4-1-2-5-20(17)16-28/h3,6-10,12,14-15,17,20H,1-2,4-5,11,13,16H2,(H,26,27,29)/t17-,20-/m1/s1. The summed E-state index contributed by atoms with van der Waals surface area (Å²) in [6, 6.07) is 13.9. The fourth-order valence-corrected chi connectivity index (χ4v) is 4.90. The van der Waals surface area contributed by atoms with Crippen molar-refractivity contribution in [3.63, 3.8) is 0 Å². The Morgan fingerprint density at radius 1 is 1.03 bits per heavy atom. The van der Waals surface area contributed by atoms with Gasteiger partial charge >= 0.3 is 0 Å². The number of carbonyl (C=O) groups excluding carboxylic acids is 1. The highest BCUT2D eigenvalue weighted by atomic mass is 16.1. The van der Waals surface area contributed by atoms with Gasteiger partial charge in [-0.2, -0.15) is 0 Å². The van der Waals surface area contributed by atoms with Gasteiger partial charge in [-0.25, -0.2) is 4.98 Å². The van der Waals surface area contributed by atoms with Crippen molar-refractivity contribution in [2.75, 3.05) is 23.3 Å². The van der Waals surface area contributed by atoms with Gasteiger partial charge in [0, 0.05) is 36.6 Å². The third-order valence-electron chi connectivity index (χ3n) is 6.49. The van der Waals surface area contributed by atoms with Crippen molar-refractivity contribution >= 4 is 28.3 Å². The zero-order chi connectivity index (χ0) is 19.6. The Balaban J connectivity index is 1.32. The number of hydrogen-bond acceptors (Lipinski definition) is 4. The summed E-state index contributed by atoms with van der Waals surface area (Å²) in [5.74, 6) is 2.16. The molecule has 5 rings (SSSR count). The van der Waals surface area contributed by atoms with E-state index in [0.29, 0.717) is 11.4 Å². The van der Waals surface area contributed by atoms with Gasteiger partial charge in [-0.1, -0.05) is 19.3 Å². The third kappa shape index (κ3) is 3.82. The van der Waals surface area contributed by atoms with E-state index in [1.165, 1.54) is 44.3 Å². The molecule has 5 nitrogen and oxygen atoms in total. The predicted molar refractivity (Wildman–Crippen MR) is 116 cm³/mol. The molecule has 2 aromatic heterocycles. The van der Waals surface area contributed by atoms with Gasteiger partial charge < -0.3 is 10.2 Å². The number of aromatic nitrogens is 2. The lowest BCUT2D eigenvalue weighted by Crippen LogP contribution is -2.41. The summed E-state index contributed by atoms with van der Waals surface area (Å²) in [6.07, 6.45) is 10.1. The quantitative estimate of drug-likeness (QED) is 0.696. The minimum atomic E-state index is -0.197. The van der Waals surface area contributed by atoms with Gasteiger partial charge in [0.25, 0.3) is 5.91 Å². The van der Waals surface area contributed by atoms with E-state index < -0.39 is 0 Å². The minimum absolute atomic E-state index is 0.197. The average molecular weight is 386 g/mol. The summed E-state index contributed by atoms with van der Waals surface area (Å²) in [6.45, 7) is 2.34. The maximum Gasteiger partial charge on any atom is 0.258 e. The molecule has 1 saturated heterocycles. The number of piperidine rings is 1. The zero-order valence-electron chi connectivity index (χ0n) is 16.6. The topological polar surface area (TPSA) is 58.1 Å². The molecule has 0 unspecified atom stereocenters. The highest BCUT2D eigenvalue weighted by Crippen LogP contribution is 2.38. The van der Waals surface area contributed by atoms with Crippen molar-refractivity contribution < 1.29 is 4.79 Å². The zero-order valence-corrected chi connectivity index (χ0v) is 16.6. The molecule has 2 atom stereocenters. The molecular weight excluding hydrogens is 360 g/mol. The first kappa shape index (κ1) is 18.1. The number of fused-ring (bicyclic) bond motifs is 2. The largest absolute Gasteiger partial charge is 0.371 e. The van der Waals surface area contributed by atoms with E-state index in [-0.39, 0.29) is 5.91 Å². The molecule has 0 radical (unpaired) electrons. The van der Waals surface area contributed by atoms with Crippen LogP contribution < -0.4 is 10.2 Å². The van der Waals surface area contributed by atoms with Crippen molar-refractivity contribution in [2.24, 2.45) is 11.8 Å². The monoisotopic (exact) mass is 386 g/mol. The summed E-state index contributed by atoms with van der Waals surface area (Å²) in [7, 11) is 0. The van der Waals surface area contributed by atoms with E-state index >= 15 is 0 Å². The van der Waals surface area contributed by atoms with Crippen LogP contribution >= 0.6 is 0 Å². The fourth-order valence-electron chi connectivity index (χ4n) is 4.90. The van der Waals surface area contributed by atoms with E-state index in [4.69, 9.17) is 0 Å². The third-order valence-corrected chi connectivity index (χ3v) is 6.49. The number of anilines is 2. The number of rotatable bonds is 3. The molecule has 0 spiro atoms. The summed E-state index contributed by atoms with van der Waals surface area (Å²) in [5.41, 5.74) is 2.71. The van der Waals surface area contributed by atoms with Crippen LogP contribution in [0, 0.1) is 11.8 Å². The Kier molecular flexibility index (Phi) is 4.88. The summed E-state index contributed by atoms with van der Waals surface area (Å²) >= 11 is 0. The molecule has 2 aliphatic rings. The lowest BCUT2D eigenvalue weighted by atomic mass is 9.75. The number of benzene rings is 1. The van der Waals surface area contributed by atoms with Crippen molar-refractivity contribution in [1.29, 1.82) is 0 Å². The molecule has 1 saturated carbocycles. The second kappa shape index (κ2) is 7.82. The number of pyridine rings is 2. The predicted octanol–water partition coefficient (Wildman–Crippen LogP) is 4.90. The first-order valence-corrected chi connectivity index (χ1v) is 10.6. The first-order chi connectivity index (χ1) is 14.3. The van der Waals surface area contributed by atoms with Crippen LogP contribution in [0.1, 0.15) is 42.5 Å². The van der Waals surface area contributed by atoms with Crippen LogP contribution in [0.2, 0.25) is 0 Å². The maximum absolute atomic E-state index is 12.3. The number of hydrogen-bond donors (Lipinski definition) is 1.